The van der Waals surface area contributed by atoms with E-state index in [9.17, 15) is 4.57 Å². The van der Waals surface area contributed by atoms with Crippen LogP contribution in [0.25, 0.3) is 0 Å². The Labute approximate surface area is 67.6 Å². The van der Waals surface area contributed by atoms with Gasteiger partial charge in [0.05, 0.1) is 0 Å². The third-order valence-corrected chi connectivity index (χ3v) is 2.84. The maximum Gasteiger partial charge on any atom is 0.327 e. The second-order valence-corrected chi connectivity index (χ2v) is 4.42. The third kappa shape index (κ3) is 6.29. The minimum absolute atomic E-state index is 0.247. The van der Waals surface area contributed by atoms with Gasteiger partial charge in [0.2, 0.25) is 0 Å². The molecule has 0 heterocycles. The van der Waals surface area contributed by atoms with E-state index >= 15 is 0 Å². The van der Waals surface area contributed by atoms with Gasteiger partial charge in [-0.2, -0.15) is 0 Å². The standard InChI is InChI=1S/C7H15O3P/c1-3-4-5-6-7-11(8,9)10-2/h3H,1,4-7H2,2H3,(H,8,9). The zero-order valence-electron chi connectivity index (χ0n) is 6.82. The Morgan fingerprint density at radius 3 is 2.73 bits per heavy atom. The van der Waals surface area contributed by atoms with Crippen LogP contribution < -0.4 is 0 Å². The van der Waals surface area contributed by atoms with Gasteiger partial charge < -0.3 is 9.42 Å². The zero-order valence-corrected chi connectivity index (χ0v) is 7.72. The Morgan fingerprint density at radius 1 is 1.64 bits per heavy atom. The lowest BCUT2D eigenvalue weighted by atomic mass is 10.2. The van der Waals surface area contributed by atoms with Crippen LogP contribution in [-0.4, -0.2) is 18.2 Å². The summed E-state index contributed by atoms with van der Waals surface area (Å²) in [6.45, 7) is 3.55. The molecule has 0 amide bonds. The second kappa shape index (κ2) is 5.53. The molecule has 1 N–H and O–H groups in total. The molecule has 0 saturated carbocycles. The number of allylic oxidation sites excluding steroid dienone is 1. The van der Waals surface area contributed by atoms with E-state index in [1.807, 2.05) is 0 Å². The van der Waals surface area contributed by atoms with Crippen molar-refractivity contribution in [3.8, 4) is 0 Å². The lowest BCUT2D eigenvalue weighted by Crippen LogP contribution is -1.90. The van der Waals surface area contributed by atoms with Crippen molar-refractivity contribution in [2.24, 2.45) is 0 Å². The summed E-state index contributed by atoms with van der Waals surface area (Å²) in [6.07, 6.45) is 4.56. The molecule has 1 atom stereocenters. The molecule has 0 aromatic carbocycles. The average molecular weight is 178 g/mol. The van der Waals surface area contributed by atoms with Crippen LogP contribution in [-0.2, 0) is 9.09 Å². The molecule has 0 aliphatic rings. The molecule has 0 aromatic rings. The Balaban J connectivity index is 3.38. The van der Waals surface area contributed by atoms with Crippen molar-refractivity contribution in [1.82, 2.24) is 0 Å². The summed E-state index contributed by atoms with van der Waals surface area (Å²) in [5.74, 6) is 0. The lowest BCUT2D eigenvalue weighted by Gasteiger charge is -2.06. The summed E-state index contributed by atoms with van der Waals surface area (Å²) in [4.78, 5) is 8.93. The maximum atomic E-state index is 10.9. The highest BCUT2D eigenvalue weighted by Gasteiger charge is 2.14. The Kier molecular flexibility index (Phi) is 5.47. The Bertz CT molecular complexity index is 156. The van der Waals surface area contributed by atoms with Gasteiger partial charge in [-0.3, -0.25) is 4.57 Å². The van der Waals surface area contributed by atoms with Crippen molar-refractivity contribution >= 4 is 7.60 Å². The van der Waals surface area contributed by atoms with Crippen molar-refractivity contribution in [3.63, 3.8) is 0 Å². The highest BCUT2D eigenvalue weighted by molar-refractivity contribution is 7.52. The van der Waals surface area contributed by atoms with E-state index in [1.165, 1.54) is 7.11 Å². The highest BCUT2D eigenvalue weighted by Crippen LogP contribution is 2.41. The molecule has 0 aromatic heterocycles. The third-order valence-electron chi connectivity index (χ3n) is 1.38. The SMILES string of the molecule is C=CCCCCP(=O)(O)OC. The van der Waals surface area contributed by atoms with E-state index in [0.29, 0.717) is 6.42 Å². The minimum Gasteiger partial charge on any atom is -0.324 e. The number of hydrogen-bond donors (Lipinski definition) is 1. The largest absolute Gasteiger partial charge is 0.327 e. The molecule has 0 fully saturated rings. The van der Waals surface area contributed by atoms with Gasteiger partial charge in [0.15, 0.2) is 0 Å². The van der Waals surface area contributed by atoms with Crippen molar-refractivity contribution in [1.29, 1.82) is 0 Å². The second-order valence-electron chi connectivity index (χ2n) is 2.33. The van der Waals surface area contributed by atoms with E-state index in [4.69, 9.17) is 4.89 Å². The van der Waals surface area contributed by atoms with Crippen LogP contribution in [0.15, 0.2) is 12.7 Å². The van der Waals surface area contributed by atoms with Crippen LogP contribution in [0.4, 0.5) is 0 Å². The molecule has 3 nitrogen and oxygen atoms in total. The number of rotatable bonds is 6. The van der Waals surface area contributed by atoms with Crippen molar-refractivity contribution in [3.05, 3.63) is 12.7 Å². The van der Waals surface area contributed by atoms with Gasteiger partial charge in [-0.1, -0.05) is 6.08 Å². The van der Waals surface area contributed by atoms with E-state index in [0.717, 1.165) is 12.8 Å². The van der Waals surface area contributed by atoms with Crippen LogP contribution in [0, 0.1) is 0 Å². The molecule has 0 aliphatic carbocycles. The first-order chi connectivity index (χ1) is 5.12. The highest BCUT2D eigenvalue weighted by atomic mass is 31.2. The predicted molar refractivity (Wildman–Crippen MR) is 45.7 cm³/mol. The van der Waals surface area contributed by atoms with E-state index in [2.05, 4.69) is 11.1 Å². The molecule has 0 radical (unpaired) electrons. The number of hydrogen-bond acceptors (Lipinski definition) is 2. The normalized spacial score (nSPS) is 15.8. The minimum atomic E-state index is -3.25. The monoisotopic (exact) mass is 178 g/mol. The molecule has 4 heteroatoms. The molecular weight excluding hydrogens is 163 g/mol. The molecule has 11 heavy (non-hydrogen) atoms. The van der Waals surface area contributed by atoms with Gasteiger partial charge >= 0.3 is 7.60 Å². The van der Waals surface area contributed by atoms with Gasteiger partial charge in [0.1, 0.15) is 0 Å². The van der Waals surface area contributed by atoms with Crippen molar-refractivity contribution in [2.45, 2.75) is 19.3 Å². The van der Waals surface area contributed by atoms with Crippen LogP contribution in [0.3, 0.4) is 0 Å². The molecule has 0 rings (SSSR count). The molecule has 0 aliphatic heterocycles. The van der Waals surface area contributed by atoms with Crippen LogP contribution in [0.5, 0.6) is 0 Å². The van der Waals surface area contributed by atoms with E-state index in [1.54, 1.807) is 6.08 Å². The lowest BCUT2D eigenvalue weighted by molar-refractivity contribution is 0.314. The molecule has 0 bridgehead atoms. The first-order valence-corrected chi connectivity index (χ1v) is 5.37. The zero-order chi connectivity index (χ0) is 8.74. The first kappa shape index (κ1) is 10.9. The molecule has 0 saturated heterocycles. The van der Waals surface area contributed by atoms with Crippen LogP contribution in [0.1, 0.15) is 19.3 Å². The maximum absolute atomic E-state index is 10.9. The van der Waals surface area contributed by atoms with E-state index in [-0.39, 0.29) is 6.16 Å². The Morgan fingerprint density at radius 2 is 2.27 bits per heavy atom. The molecule has 1 unspecified atom stereocenters. The van der Waals surface area contributed by atoms with Crippen LogP contribution in [0.2, 0.25) is 0 Å². The van der Waals surface area contributed by atoms with Gasteiger partial charge in [-0.25, -0.2) is 0 Å². The van der Waals surface area contributed by atoms with E-state index < -0.39 is 7.60 Å². The van der Waals surface area contributed by atoms with Gasteiger partial charge in [-0.05, 0) is 19.3 Å². The first-order valence-electron chi connectivity index (χ1n) is 3.61. The summed E-state index contributed by atoms with van der Waals surface area (Å²) >= 11 is 0. The van der Waals surface area contributed by atoms with Gasteiger partial charge in [-0.15, -0.1) is 6.58 Å². The Hall–Kier alpha value is -0.110. The topological polar surface area (TPSA) is 46.5 Å². The summed E-state index contributed by atoms with van der Waals surface area (Å²) in [7, 11) is -1.99. The average Bonchev–Trinajstić information content (AvgIpc) is 1.99. The fourth-order valence-electron chi connectivity index (χ4n) is 0.692. The summed E-state index contributed by atoms with van der Waals surface area (Å²) in [6, 6.07) is 0. The molecule has 0 spiro atoms. The van der Waals surface area contributed by atoms with Gasteiger partial charge in [0.25, 0.3) is 0 Å². The smallest absolute Gasteiger partial charge is 0.324 e. The quantitative estimate of drug-likeness (QED) is 0.385. The predicted octanol–water partition coefficient (Wildman–Crippen LogP) is 2.17. The fourth-order valence-corrected chi connectivity index (χ4v) is 1.50. The summed E-state index contributed by atoms with van der Waals surface area (Å²) < 4.78 is 15.3. The fraction of sp³-hybridized carbons (Fsp3) is 0.714. The summed E-state index contributed by atoms with van der Waals surface area (Å²) in [5, 5.41) is 0. The van der Waals surface area contributed by atoms with Gasteiger partial charge in [0, 0.05) is 13.3 Å². The molecule has 66 valence electrons. The summed E-state index contributed by atoms with van der Waals surface area (Å²) in [5.41, 5.74) is 0. The molecular formula is C7H15O3P. The van der Waals surface area contributed by atoms with Crippen LogP contribution >= 0.6 is 7.60 Å². The number of unbranched alkanes of at least 4 members (excludes halogenated alkanes) is 2. The van der Waals surface area contributed by atoms with Crippen molar-refractivity contribution < 1.29 is 14.0 Å². The van der Waals surface area contributed by atoms with Crippen molar-refractivity contribution in [2.75, 3.05) is 13.3 Å².